The van der Waals surface area contributed by atoms with E-state index in [1.54, 1.807) is 6.92 Å². The van der Waals surface area contributed by atoms with Crippen LogP contribution in [0, 0.1) is 6.92 Å². The number of esters is 2. The lowest BCUT2D eigenvalue weighted by atomic mass is 10.1. The Labute approximate surface area is 278 Å². The van der Waals surface area contributed by atoms with Gasteiger partial charge in [0, 0.05) is 25.2 Å². The van der Waals surface area contributed by atoms with Gasteiger partial charge in [-0.25, -0.2) is 9.59 Å². The number of nitrogens with one attached hydrogen (secondary N) is 1. The summed E-state index contributed by atoms with van der Waals surface area (Å²) in [7, 11) is 2.11. The molecule has 49 heavy (non-hydrogen) atoms. The number of carbonyl (C=O) groups is 4. The molecule has 0 unspecified atom stereocenters. The first kappa shape index (κ1) is 44.0. The third kappa shape index (κ3) is 15.6. The highest BCUT2D eigenvalue weighted by molar-refractivity contribution is 6.62. The highest BCUT2D eigenvalue weighted by Gasteiger charge is 2.33. The van der Waals surface area contributed by atoms with Crippen LogP contribution in [-0.4, -0.2) is 37.3 Å². The second-order valence-corrected chi connectivity index (χ2v) is 9.79. The predicted octanol–water partition coefficient (Wildman–Crippen LogP) is 7.89. The second kappa shape index (κ2) is 18.5. The summed E-state index contributed by atoms with van der Waals surface area (Å²) in [5.74, 6) is -2.34. The van der Waals surface area contributed by atoms with Crippen molar-refractivity contribution in [3.8, 4) is 0 Å². The Bertz CT molecular complexity index is 1620. The minimum Gasteiger partial charge on any atom is -0.465 e. The van der Waals surface area contributed by atoms with Crippen molar-refractivity contribution in [2.45, 2.75) is 39.3 Å². The highest BCUT2D eigenvalue weighted by atomic mass is 35.5. The highest BCUT2D eigenvalue weighted by Crippen LogP contribution is 2.33. The van der Waals surface area contributed by atoms with Gasteiger partial charge in [-0.3, -0.25) is 9.59 Å². The maximum atomic E-state index is 12.5. The van der Waals surface area contributed by atoms with Gasteiger partial charge in [-0.05, 0) is 78.7 Å². The van der Waals surface area contributed by atoms with Crippen LogP contribution in [0.3, 0.4) is 0 Å². The topological polar surface area (TPSA) is 151 Å². The molecule has 0 bridgehead atoms. The van der Waals surface area contributed by atoms with Gasteiger partial charge in [-0.2, -0.15) is 39.5 Å². The molecule has 0 saturated heterocycles. The van der Waals surface area contributed by atoms with Crippen molar-refractivity contribution >= 4 is 51.8 Å². The molecule has 0 radical (unpaired) electrons. The van der Waals surface area contributed by atoms with Gasteiger partial charge >= 0.3 is 30.5 Å². The molecule has 0 spiro atoms. The molecule has 9 nitrogen and oxygen atoms in total. The van der Waals surface area contributed by atoms with E-state index in [0.29, 0.717) is 23.4 Å². The third-order valence-electron chi connectivity index (χ3n) is 5.45. The zero-order valence-corrected chi connectivity index (χ0v) is 26.8. The molecule has 3 rings (SSSR count). The zero-order chi connectivity index (χ0) is 38.5. The lowest BCUT2D eigenvalue weighted by Crippen LogP contribution is -2.14. The van der Waals surface area contributed by atoms with Crippen LogP contribution in [-0.2, 0) is 37.6 Å². The molecule has 0 aliphatic carbocycles. The van der Waals surface area contributed by atoms with Crippen molar-refractivity contribution in [2.24, 2.45) is 0 Å². The fourth-order valence-electron chi connectivity index (χ4n) is 3.17. The van der Waals surface area contributed by atoms with Crippen LogP contribution in [0.2, 0.25) is 0 Å². The van der Waals surface area contributed by atoms with E-state index in [-0.39, 0.29) is 27.7 Å². The number of ether oxygens (including phenoxy) is 2. The number of carbonyl (C=O) groups excluding carboxylic acids is 4. The number of anilines is 3. The fourth-order valence-corrected chi connectivity index (χ4v) is 3.17. The van der Waals surface area contributed by atoms with Gasteiger partial charge in [-0.1, -0.05) is 0 Å². The van der Waals surface area contributed by atoms with Crippen molar-refractivity contribution < 1.29 is 68.2 Å². The number of alkyl halides is 9. The van der Waals surface area contributed by atoms with Crippen molar-refractivity contribution in [2.75, 3.05) is 31.0 Å². The predicted molar refractivity (Wildman–Crippen MR) is 161 cm³/mol. The van der Waals surface area contributed by atoms with Crippen LogP contribution in [0.15, 0.2) is 54.6 Å². The number of hydrogen-bond acceptors (Lipinski definition) is 8. The van der Waals surface area contributed by atoms with Gasteiger partial charge in [0.05, 0.1) is 47.7 Å². The Kier molecular flexibility index (Phi) is 16.6. The first-order valence-corrected chi connectivity index (χ1v) is 13.4. The van der Waals surface area contributed by atoms with Gasteiger partial charge in [0.25, 0.3) is 0 Å². The quantitative estimate of drug-likeness (QED) is 0.106. The number of nitrogen functional groups attached to an aromatic ring is 2. The van der Waals surface area contributed by atoms with Gasteiger partial charge in [-0.15, -0.1) is 0 Å². The maximum absolute atomic E-state index is 12.5. The average molecular weight is 734 g/mol. The molecule has 270 valence electrons. The summed E-state index contributed by atoms with van der Waals surface area (Å²) >= 11 is 4.64. The van der Waals surface area contributed by atoms with E-state index in [2.05, 4.69) is 26.4 Å². The first-order valence-electron chi connectivity index (χ1n) is 13.0. The first-order chi connectivity index (χ1) is 22.3. The summed E-state index contributed by atoms with van der Waals surface area (Å²) in [6, 6.07) is 8.19. The number of halogens is 10. The fraction of sp³-hybridized carbons (Fsp3) is 0.267. The summed E-state index contributed by atoms with van der Waals surface area (Å²) < 4.78 is 119. The molecule has 3 aromatic carbocycles. The van der Waals surface area contributed by atoms with Crippen LogP contribution in [0.4, 0.5) is 56.6 Å². The molecule has 0 aromatic heterocycles. The summed E-state index contributed by atoms with van der Waals surface area (Å²) in [4.78, 5) is 42.5. The number of amides is 1. The standard InChI is InChI=1S/C11H10F3NO3.C9H8F3NO2.C8H8F3N.C2H3ClO/c1-6(16)15-9-4-3-7(11(12,13)14)5-8(9)10(17)18-2;1-15-8(14)6-4-5(9(10,11)12)2-3-7(6)13;1-5-4-6(8(9,10)11)2-3-7(5)12;1-2(3)4/h3-5H,1-2H3,(H,15,16);2-4H,13H2,1H3;2-4H,12H2,1H3;1H3. The summed E-state index contributed by atoms with van der Waals surface area (Å²) in [6.45, 7) is 4.02. The van der Waals surface area contributed by atoms with E-state index >= 15 is 0 Å². The molecule has 0 fully saturated rings. The Morgan fingerprint density at radius 3 is 1.35 bits per heavy atom. The monoisotopic (exact) mass is 733 g/mol. The lowest BCUT2D eigenvalue weighted by molar-refractivity contribution is -0.138. The minimum atomic E-state index is -4.57. The van der Waals surface area contributed by atoms with Crippen LogP contribution in [0.5, 0.6) is 0 Å². The van der Waals surface area contributed by atoms with Crippen LogP contribution >= 0.6 is 11.6 Å². The van der Waals surface area contributed by atoms with Crippen LogP contribution in [0.1, 0.15) is 56.8 Å². The molecule has 5 N–H and O–H groups in total. The number of aryl methyl sites for hydroxylation is 1. The number of nitrogens with two attached hydrogens (primary N) is 2. The summed E-state index contributed by atoms with van der Waals surface area (Å²) in [5, 5.41) is 1.90. The van der Waals surface area contributed by atoms with Gasteiger partial charge in [0.1, 0.15) is 0 Å². The Hall–Kier alpha value is -5.00. The lowest BCUT2D eigenvalue weighted by Gasteiger charge is -2.12. The number of benzene rings is 3. The zero-order valence-electron chi connectivity index (χ0n) is 26.1. The van der Waals surface area contributed by atoms with E-state index < -0.39 is 53.1 Å². The van der Waals surface area contributed by atoms with Crippen molar-refractivity contribution in [3.05, 3.63) is 88.0 Å². The molecule has 0 saturated carbocycles. The number of rotatable bonds is 3. The molecular formula is C30H29ClF9N3O6. The largest absolute Gasteiger partial charge is 0.465 e. The molecule has 1 amide bonds. The van der Waals surface area contributed by atoms with Crippen molar-refractivity contribution in [1.82, 2.24) is 0 Å². The SMILES string of the molecule is CC(=O)Cl.COC(=O)c1cc(C(F)(F)F)ccc1N.COC(=O)c1cc(C(F)(F)F)ccc1NC(C)=O.Cc1cc(C(F)(F)F)ccc1N. The van der Waals surface area contributed by atoms with Crippen LogP contribution < -0.4 is 16.8 Å². The van der Waals surface area contributed by atoms with Crippen molar-refractivity contribution in [3.63, 3.8) is 0 Å². The van der Waals surface area contributed by atoms with Crippen LogP contribution in [0.25, 0.3) is 0 Å². The molecule has 0 atom stereocenters. The molecule has 3 aromatic rings. The van der Waals surface area contributed by atoms with E-state index in [1.807, 2.05) is 0 Å². The molecule has 19 heteroatoms. The van der Waals surface area contributed by atoms with Gasteiger partial charge < -0.3 is 26.3 Å². The second-order valence-electron chi connectivity index (χ2n) is 9.26. The third-order valence-corrected chi connectivity index (χ3v) is 5.45. The minimum absolute atomic E-state index is 0.0256. The summed E-state index contributed by atoms with van der Waals surface area (Å²) in [5.41, 5.74) is 8.25. The summed E-state index contributed by atoms with van der Waals surface area (Å²) in [6.07, 6.45) is -13.4. The van der Waals surface area contributed by atoms with Gasteiger partial charge in [0.2, 0.25) is 11.1 Å². The number of hydrogen-bond donors (Lipinski definition) is 3. The van der Waals surface area contributed by atoms with E-state index in [1.165, 1.54) is 19.9 Å². The molecular weight excluding hydrogens is 705 g/mol. The molecule has 0 aliphatic heterocycles. The molecule has 0 heterocycles. The smallest absolute Gasteiger partial charge is 0.416 e. The normalized spacial score (nSPS) is 10.8. The average Bonchev–Trinajstić information content (AvgIpc) is 2.96. The molecule has 0 aliphatic rings. The van der Waals surface area contributed by atoms with E-state index in [0.717, 1.165) is 50.6 Å². The Morgan fingerprint density at radius 2 is 0.980 bits per heavy atom. The maximum Gasteiger partial charge on any atom is 0.416 e. The van der Waals surface area contributed by atoms with Crippen molar-refractivity contribution in [1.29, 1.82) is 0 Å². The Balaban J connectivity index is 0.000000678. The Morgan fingerprint density at radius 1 is 0.633 bits per heavy atom. The van der Waals surface area contributed by atoms with E-state index in [9.17, 15) is 58.7 Å². The van der Waals surface area contributed by atoms with E-state index in [4.69, 9.17) is 11.5 Å². The van der Waals surface area contributed by atoms with Gasteiger partial charge in [0.15, 0.2) is 0 Å². The number of methoxy groups -OCH3 is 2.